The molecule has 0 spiro atoms. The van der Waals surface area contributed by atoms with Crippen molar-refractivity contribution >= 4 is 54.8 Å². The molecular formula is C24H23BrClN3O5S. The summed E-state index contributed by atoms with van der Waals surface area (Å²) in [6.07, 6.45) is 1.43. The first kappa shape index (κ1) is 26.7. The standard InChI is InChI=1S/C24H23BrClN3O5S/c1-17(7-8-18-5-3-2-4-6-18)27-24(30)16-28(20-11-9-19(25)10-12-20)35(33,34)21-13-14-22(26)23(15-21)29(31)32/h2-6,9-15,17H,7-8,16H2,1H3,(H,27,30)/t17-/m0/s1. The molecule has 3 rings (SSSR count). The summed E-state index contributed by atoms with van der Waals surface area (Å²) < 4.78 is 28.7. The molecule has 35 heavy (non-hydrogen) atoms. The number of rotatable bonds is 10. The molecule has 1 atom stereocenters. The molecular weight excluding hydrogens is 558 g/mol. The van der Waals surface area contributed by atoms with Crippen LogP contribution in [0.15, 0.2) is 82.2 Å². The molecule has 0 radical (unpaired) electrons. The van der Waals surface area contributed by atoms with Crippen molar-refractivity contribution < 1.29 is 18.1 Å². The molecule has 0 aliphatic carbocycles. The molecule has 1 amide bonds. The van der Waals surface area contributed by atoms with Crippen molar-refractivity contribution in [3.63, 3.8) is 0 Å². The zero-order valence-corrected chi connectivity index (χ0v) is 21.9. The van der Waals surface area contributed by atoms with Gasteiger partial charge in [0.2, 0.25) is 5.91 Å². The molecule has 0 unspecified atom stereocenters. The minimum atomic E-state index is -4.33. The SMILES string of the molecule is C[C@@H](CCc1ccccc1)NC(=O)CN(c1ccc(Br)cc1)S(=O)(=O)c1ccc(Cl)c([N+](=O)[O-])c1. The van der Waals surface area contributed by atoms with Gasteiger partial charge in [0.05, 0.1) is 15.5 Å². The van der Waals surface area contributed by atoms with Gasteiger partial charge >= 0.3 is 0 Å². The predicted molar refractivity (Wildman–Crippen MR) is 139 cm³/mol. The van der Waals surface area contributed by atoms with E-state index in [1.54, 1.807) is 12.1 Å². The Morgan fingerprint density at radius 1 is 1.11 bits per heavy atom. The largest absolute Gasteiger partial charge is 0.352 e. The topological polar surface area (TPSA) is 110 Å². The summed E-state index contributed by atoms with van der Waals surface area (Å²) in [5.74, 6) is -0.500. The lowest BCUT2D eigenvalue weighted by Crippen LogP contribution is -2.43. The second-order valence-electron chi connectivity index (χ2n) is 7.85. The highest BCUT2D eigenvalue weighted by Crippen LogP contribution is 2.31. The van der Waals surface area contributed by atoms with Crippen LogP contribution in [0.25, 0.3) is 0 Å². The van der Waals surface area contributed by atoms with E-state index in [-0.39, 0.29) is 21.6 Å². The van der Waals surface area contributed by atoms with Gasteiger partial charge < -0.3 is 5.32 Å². The summed E-state index contributed by atoms with van der Waals surface area (Å²) in [4.78, 5) is 23.0. The van der Waals surface area contributed by atoms with Gasteiger partial charge in [-0.05, 0) is 61.7 Å². The number of aryl methyl sites for hydroxylation is 1. The molecule has 184 valence electrons. The van der Waals surface area contributed by atoms with Crippen LogP contribution in [0.2, 0.25) is 5.02 Å². The molecule has 0 fully saturated rings. The van der Waals surface area contributed by atoms with E-state index in [1.165, 1.54) is 18.2 Å². The Balaban J connectivity index is 1.83. The molecule has 11 heteroatoms. The number of halogens is 2. The maximum absolute atomic E-state index is 13.5. The molecule has 0 aliphatic rings. The number of hydrogen-bond donors (Lipinski definition) is 1. The maximum Gasteiger partial charge on any atom is 0.289 e. The summed E-state index contributed by atoms with van der Waals surface area (Å²) in [5, 5.41) is 13.9. The number of carbonyl (C=O) groups is 1. The van der Waals surface area contributed by atoms with E-state index in [9.17, 15) is 23.3 Å². The molecule has 3 aromatic carbocycles. The number of anilines is 1. The normalized spacial score (nSPS) is 12.1. The third-order valence-electron chi connectivity index (χ3n) is 5.22. The molecule has 0 saturated heterocycles. The highest BCUT2D eigenvalue weighted by molar-refractivity contribution is 9.10. The molecule has 8 nitrogen and oxygen atoms in total. The Morgan fingerprint density at radius 3 is 2.40 bits per heavy atom. The Bertz CT molecular complexity index is 1300. The van der Waals surface area contributed by atoms with Crippen molar-refractivity contribution in [1.29, 1.82) is 0 Å². The Morgan fingerprint density at radius 2 is 1.77 bits per heavy atom. The smallest absolute Gasteiger partial charge is 0.289 e. The minimum Gasteiger partial charge on any atom is -0.352 e. The van der Waals surface area contributed by atoms with Crippen LogP contribution in [0.1, 0.15) is 18.9 Å². The fourth-order valence-electron chi connectivity index (χ4n) is 3.39. The number of carbonyl (C=O) groups excluding carboxylic acids is 1. The van der Waals surface area contributed by atoms with Crippen LogP contribution in [0.5, 0.6) is 0 Å². The fraction of sp³-hybridized carbons (Fsp3) is 0.208. The molecule has 0 bridgehead atoms. The average molecular weight is 581 g/mol. The third-order valence-corrected chi connectivity index (χ3v) is 7.84. The molecule has 0 heterocycles. The quantitative estimate of drug-likeness (QED) is 0.257. The minimum absolute atomic E-state index is 0.186. The van der Waals surface area contributed by atoms with Crippen LogP contribution in [0.4, 0.5) is 11.4 Å². The van der Waals surface area contributed by atoms with E-state index in [1.807, 2.05) is 37.3 Å². The average Bonchev–Trinajstić information content (AvgIpc) is 2.82. The van der Waals surface area contributed by atoms with Gasteiger partial charge in [0, 0.05) is 16.6 Å². The van der Waals surface area contributed by atoms with Crippen molar-refractivity contribution in [1.82, 2.24) is 5.32 Å². The van der Waals surface area contributed by atoms with Gasteiger partial charge in [-0.1, -0.05) is 57.9 Å². The van der Waals surface area contributed by atoms with Crippen LogP contribution in [-0.4, -0.2) is 31.8 Å². The van der Waals surface area contributed by atoms with E-state index in [2.05, 4.69) is 21.2 Å². The molecule has 1 N–H and O–H groups in total. The summed E-state index contributed by atoms with van der Waals surface area (Å²) >= 11 is 9.16. The number of nitro benzene ring substituents is 1. The van der Waals surface area contributed by atoms with Crippen LogP contribution in [-0.2, 0) is 21.2 Å². The first-order valence-corrected chi connectivity index (χ1v) is 13.2. The van der Waals surface area contributed by atoms with Gasteiger partial charge in [0.25, 0.3) is 15.7 Å². The van der Waals surface area contributed by atoms with Crippen molar-refractivity contribution in [2.75, 3.05) is 10.8 Å². The van der Waals surface area contributed by atoms with E-state index < -0.39 is 33.1 Å². The van der Waals surface area contributed by atoms with E-state index in [0.29, 0.717) is 6.42 Å². The second-order valence-corrected chi connectivity index (χ2v) is 11.0. The van der Waals surface area contributed by atoms with Crippen LogP contribution >= 0.6 is 27.5 Å². The highest BCUT2D eigenvalue weighted by Gasteiger charge is 2.30. The lowest BCUT2D eigenvalue weighted by atomic mass is 10.1. The number of nitro groups is 1. The van der Waals surface area contributed by atoms with Crippen molar-refractivity contribution in [2.45, 2.75) is 30.7 Å². The van der Waals surface area contributed by atoms with Crippen molar-refractivity contribution in [2.24, 2.45) is 0 Å². The molecule has 0 aliphatic heterocycles. The van der Waals surface area contributed by atoms with Gasteiger partial charge in [-0.3, -0.25) is 19.2 Å². The van der Waals surface area contributed by atoms with E-state index >= 15 is 0 Å². The Labute approximate surface area is 217 Å². The van der Waals surface area contributed by atoms with Crippen molar-refractivity contribution in [3.05, 3.63) is 98.0 Å². The van der Waals surface area contributed by atoms with Gasteiger partial charge in [-0.15, -0.1) is 0 Å². The molecule has 3 aromatic rings. The van der Waals surface area contributed by atoms with E-state index in [0.717, 1.165) is 32.9 Å². The predicted octanol–water partition coefficient (Wildman–Crippen LogP) is 5.34. The lowest BCUT2D eigenvalue weighted by Gasteiger charge is -2.25. The third kappa shape index (κ3) is 7.03. The van der Waals surface area contributed by atoms with Crippen molar-refractivity contribution in [3.8, 4) is 0 Å². The number of amides is 1. The zero-order valence-electron chi connectivity index (χ0n) is 18.7. The molecule has 0 aromatic heterocycles. The van der Waals surface area contributed by atoms with Gasteiger partial charge in [-0.25, -0.2) is 8.42 Å². The first-order valence-electron chi connectivity index (χ1n) is 10.6. The summed E-state index contributed by atoms with van der Waals surface area (Å²) in [6, 6.07) is 19.2. The summed E-state index contributed by atoms with van der Waals surface area (Å²) in [6.45, 7) is 1.35. The van der Waals surface area contributed by atoms with E-state index in [4.69, 9.17) is 11.6 Å². The van der Waals surface area contributed by atoms with Gasteiger partial charge in [0.1, 0.15) is 11.6 Å². The number of hydrogen-bond acceptors (Lipinski definition) is 5. The maximum atomic E-state index is 13.5. The van der Waals surface area contributed by atoms with Gasteiger partial charge in [-0.2, -0.15) is 0 Å². The van der Waals surface area contributed by atoms with Gasteiger partial charge in [0.15, 0.2) is 0 Å². The first-order chi connectivity index (χ1) is 16.6. The van der Waals surface area contributed by atoms with Crippen LogP contribution in [0.3, 0.4) is 0 Å². The lowest BCUT2D eigenvalue weighted by molar-refractivity contribution is -0.384. The number of benzene rings is 3. The van der Waals surface area contributed by atoms with Crippen LogP contribution in [0, 0.1) is 10.1 Å². The zero-order chi connectivity index (χ0) is 25.6. The Kier molecular flexibility index (Phi) is 8.87. The monoisotopic (exact) mass is 579 g/mol. The fourth-order valence-corrected chi connectivity index (χ4v) is 5.29. The summed E-state index contributed by atoms with van der Waals surface area (Å²) in [7, 11) is -4.33. The second kappa shape index (κ2) is 11.7. The Hall–Kier alpha value is -2.95. The summed E-state index contributed by atoms with van der Waals surface area (Å²) in [5.41, 5.74) is 0.831. The number of nitrogens with one attached hydrogen (secondary N) is 1. The van der Waals surface area contributed by atoms with Crippen LogP contribution < -0.4 is 9.62 Å². The number of sulfonamides is 1. The highest BCUT2D eigenvalue weighted by atomic mass is 79.9. The number of nitrogens with zero attached hydrogens (tertiary/aromatic N) is 2. The molecule has 0 saturated carbocycles.